The first-order valence-electron chi connectivity index (χ1n) is 12.7. The zero-order chi connectivity index (χ0) is 27.7. The number of fused-ring (bicyclic) bond motifs is 1. The molecule has 3 heterocycles. The number of hydrogen-bond acceptors (Lipinski definition) is 7. The molecule has 1 aliphatic rings. The van der Waals surface area contributed by atoms with Crippen molar-refractivity contribution in [3.05, 3.63) is 59.5 Å². The van der Waals surface area contributed by atoms with Crippen molar-refractivity contribution in [2.24, 2.45) is 5.92 Å². The summed E-state index contributed by atoms with van der Waals surface area (Å²) in [6.07, 6.45) is 0.351. The lowest BCUT2D eigenvalue weighted by Gasteiger charge is -2.32. The molecule has 1 fully saturated rings. The van der Waals surface area contributed by atoms with E-state index in [9.17, 15) is 23.1 Å². The monoisotopic (exact) mass is 540 g/mol. The minimum Gasteiger partial charge on any atom is -0.494 e. The topological polar surface area (TPSA) is 115 Å². The maximum atomic E-state index is 13.2. The van der Waals surface area contributed by atoms with Crippen LogP contribution in [0.4, 0.5) is 19.0 Å². The normalized spacial score (nSPS) is 14.7. The number of pyridine rings is 1. The van der Waals surface area contributed by atoms with Crippen LogP contribution in [0.15, 0.2) is 42.6 Å². The molecular weight excluding hydrogens is 513 g/mol. The summed E-state index contributed by atoms with van der Waals surface area (Å²) in [5.74, 6) is -0.0892. The van der Waals surface area contributed by atoms with Gasteiger partial charge in [-0.3, -0.25) is 4.98 Å². The largest absolute Gasteiger partial charge is 0.494 e. The molecule has 9 nitrogen and oxygen atoms in total. The summed E-state index contributed by atoms with van der Waals surface area (Å²) in [6, 6.07) is 8.26. The molecule has 0 spiro atoms. The third-order valence-corrected chi connectivity index (χ3v) is 6.91. The summed E-state index contributed by atoms with van der Waals surface area (Å²) >= 11 is 0. The molecule has 0 aliphatic heterocycles. The van der Waals surface area contributed by atoms with E-state index in [0.717, 1.165) is 31.4 Å². The highest BCUT2D eigenvalue weighted by Crippen LogP contribution is 2.34. The average Bonchev–Trinajstić information content (AvgIpc) is 3.21. The van der Waals surface area contributed by atoms with Crippen LogP contribution in [-0.4, -0.2) is 48.2 Å². The molecule has 3 aromatic heterocycles. The molecule has 0 amide bonds. The van der Waals surface area contributed by atoms with Gasteiger partial charge in [-0.2, -0.15) is 13.2 Å². The van der Waals surface area contributed by atoms with Crippen molar-refractivity contribution < 1.29 is 27.8 Å². The van der Waals surface area contributed by atoms with Gasteiger partial charge in [-0.05, 0) is 56.4 Å². The maximum Gasteiger partial charge on any atom is 0.416 e. The van der Waals surface area contributed by atoms with Crippen LogP contribution in [-0.2, 0) is 12.7 Å². The van der Waals surface area contributed by atoms with Gasteiger partial charge in [0.15, 0.2) is 17.3 Å². The fourth-order valence-corrected chi connectivity index (χ4v) is 4.63. The molecule has 1 aromatic carbocycles. The number of nitrogens with one attached hydrogen (secondary N) is 1. The fourth-order valence-electron chi connectivity index (χ4n) is 4.63. The van der Waals surface area contributed by atoms with Gasteiger partial charge in [0.25, 0.3) is 0 Å². The zero-order valence-corrected chi connectivity index (χ0v) is 21.4. The molecule has 5 rings (SSSR count). The van der Waals surface area contributed by atoms with E-state index in [-0.39, 0.29) is 18.2 Å². The van der Waals surface area contributed by atoms with Gasteiger partial charge in [0.05, 0.1) is 12.2 Å². The Bertz CT molecular complexity index is 1500. The summed E-state index contributed by atoms with van der Waals surface area (Å²) in [6.45, 7) is 4.42. The van der Waals surface area contributed by atoms with E-state index in [1.54, 1.807) is 22.9 Å². The van der Waals surface area contributed by atoms with E-state index in [0.29, 0.717) is 46.7 Å². The van der Waals surface area contributed by atoms with Gasteiger partial charge >= 0.3 is 12.1 Å². The maximum absolute atomic E-state index is 13.2. The van der Waals surface area contributed by atoms with E-state index in [4.69, 9.17) is 4.74 Å². The third-order valence-electron chi connectivity index (χ3n) is 6.91. The number of alkyl halides is 3. The lowest BCUT2D eigenvalue weighted by atomic mass is 9.80. The Morgan fingerprint density at radius 1 is 1.18 bits per heavy atom. The second kappa shape index (κ2) is 10.5. The van der Waals surface area contributed by atoms with E-state index in [2.05, 4.69) is 25.3 Å². The van der Waals surface area contributed by atoms with Gasteiger partial charge in [0.1, 0.15) is 17.0 Å². The van der Waals surface area contributed by atoms with E-state index in [1.807, 2.05) is 13.8 Å². The van der Waals surface area contributed by atoms with E-state index < -0.39 is 23.5 Å². The molecule has 0 saturated heterocycles. The number of rotatable bonds is 9. The molecule has 2 N–H and O–H groups in total. The van der Waals surface area contributed by atoms with E-state index >= 15 is 0 Å². The number of imidazole rings is 1. The Morgan fingerprint density at radius 3 is 2.54 bits per heavy atom. The number of ether oxygens (including phenoxy) is 1. The van der Waals surface area contributed by atoms with Gasteiger partial charge in [0, 0.05) is 24.8 Å². The first-order valence-corrected chi connectivity index (χ1v) is 12.7. The Balaban J connectivity index is 1.68. The fraction of sp³-hybridized carbons (Fsp3) is 0.370. The Kier molecular flexibility index (Phi) is 7.11. The van der Waals surface area contributed by atoms with Crippen LogP contribution in [0.5, 0.6) is 5.75 Å². The number of halogens is 3. The minimum atomic E-state index is -4.45. The average molecular weight is 541 g/mol. The first-order chi connectivity index (χ1) is 18.6. The number of nitrogens with zero attached hydrogens (tertiary/aromatic N) is 5. The number of carboxylic acid groups (broad SMARTS) is 1. The van der Waals surface area contributed by atoms with Crippen molar-refractivity contribution in [1.82, 2.24) is 24.5 Å². The summed E-state index contributed by atoms with van der Waals surface area (Å²) in [5.41, 5.74) is 0.825. The van der Waals surface area contributed by atoms with Crippen LogP contribution >= 0.6 is 0 Å². The van der Waals surface area contributed by atoms with Crippen molar-refractivity contribution in [2.45, 2.75) is 51.9 Å². The van der Waals surface area contributed by atoms with Gasteiger partial charge in [-0.25, -0.2) is 19.7 Å². The molecule has 12 heteroatoms. The highest BCUT2D eigenvalue weighted by Gasteiger charge is 2.30. The van der Waals surface area contributed by atoms with Crippen LogP contribution in [0.2, 0.25) is 0 Å². The first kappa shape index (κ1) is 26.4. The molecule has 204 valence electrons. The smallest absolute Gasteiger partial charge is 0.416 e. The van der Waals surface area contributed by atoms with Crippen molar-refractivity contribution in [2.75, 3.05) is 11.9 Å². The molecule has 0 radical (unpaired) electrons. The number of hydrogen-bond donors (Lipinski definition) is 2. The van der Waals surface area contributed by atoms with Crippen LogP contribution in [0.1, 0.15) is 54.9 Å². The molecule has 0 bridgehead atoms. The van der Waals surface area contributed by atoms with Crippen molar-refractivity contribution in [3.8, 4) is 17.3 Å². The van der Waals surface area contributed by atoms with Crippen LogP contribution in [0, 0.1) is 5.92 Å². The molecule has 39 heavy (non-hydrogen) atoms. The van der Waals surface area contributed by atoms with Crippen molar-refractivity contribution >= 4 is 23.0 Å². The van der Waals surface area contributed by atoms with Crippen molar-refractivity contribution in [1.29, 1.82) is 0 Å². The predicted molar refractivity (Wildman–Crippen MR) is 138 cm³/mol. The number of aromatic nitrogens is 5. The number of carbonyl (C=O) groups is 1. The lowest BCUT2D eigenvalue weighted by molar-refractivity contribution is -0.137. The van der Waals surface area contributed by atoms with E-state index in [1.165, 1.54) is 12.1 Å². The van der Waals surface area contributed by atoms with Gasteiger partial charge < -0.3 is 19.7 Å². The second-order valence-corrected chi connectivity index (χ2v) is 9.52. The van der Waals surface area contributed by atoms with Gasteiger partial charge in [-0.1, -0.05) is 18.6 Å². The summed E-state index contributed by atoms with van der Waals surface area (Å²) in [4.78, 5) is 29.4. The van der Waals surface area contributed by atoms with Crippen LogP contribution in [0.25, 0.3) is 22.7 Å². The lowest BCUT2D eigenvalue weighted by Crippen LogP contribution is -2.31. The summed E-state index contributed by atoms with van der Waals surface area (Å²) in [7, 11) is 0. The molecule has 0 unspecified atom stereocenters. The van der Waals surface area contributed by atoms with Crippen molar-refractivity contribution in [3.63, 3.8) is 0 Å². The molecular formula is C27H27F3N6O3. The van der Waals surface area contributed by atoms with Gasteiger partial charge in [-0.15, -0.1) is 0 Å². The molecule has 1 atom stereocenters. The van der Waals surface area contributed by atoms with Crippen LogP contribution in [0.3, 0.4) is 0 Å². The second-order valence-electron chi connectivity index (χ2n) is 9.52. The number of aromatic carboxylic acids is 1. The standard InChI is InChI=1S/C27H27F3N6O3/c1-3-39-19-11-12-31-20(13-19)25-35-23-21(36(25)14-16-7-9-18(10-8-16)27(28,29)30)22(33-24(34-23)26(37)38)32-15(2)17-5-4-6-17/h7-13,15,17H,3-6,14H2,1-2H3,(H,37,38)(H,32,33,34)/t15-/m1/s1. The molecule has 1 saturated carbocycles. The molecule has 4 aromatic rings. The highest BCUT2D eigenvalue weighted by molar-refractivity contribution is 5.92. The van der Waals surface area contributed by atoms with Crippen LogP contribution < -0.4 is 10.1 Å². The Hall–Kier alpha value is -4.22. The Morgan fingerprint density at radius 2 is 1.92 bits per heavy atom. The predicted octanol–water partition coefficient (Wildman–Crippen LogP) is 5.65. The summed E-state index contributed by atoms with van der Waals surface area (Å²) < 4.78 is 46.8. The number of carboxylic acids is 1. The third kappa shape index (κ3) is 5.50. The Labute approximate surface area is 222 Å². The SMILES string of the molecule is CCOc1ccnc(-c2nc3nc(C(=O)O)nc(N[C@H](C)C4CCC4)c3n2Cc2ccc(C(F)(F)F)cc2)c1. The van der Waals surface area contributed by atoms with Gasteiger partial charge in [0.2, 0.25) is 5.82 Å². The number of anilines is 1. The quantitative estimate of drug-likeness (QED) is 0.280. The number of benzene rings is 1. The minimum absolute atomic E-state index is 0.00997. The zero-order valence-electron chi connectivity index (χ0n) is 21.4. The summed E-state index contributed by atoms with van der Waals surface area (Å²) in [5, 5.41) is 13.0. The highest BCUT2D eigenvalue weighted by atomic mass is 19.4. The molecule has 1 aliphatic carbocycles.